The van der Waals surface area contributed by atoms with E-state index in [9.17, 15) is 5.11 Å². The second-order valence-corrected chi connectivity index (χ2v) is 4.87. The SMILES string of the molecule is C=CCc1ccccc1OC[C@@H](O)C[NH2+]Cc1ccco1. The first kappa shape index (κ1) is 15.4. The highest BCUT2D eigenvalue weighted by Gasteiger charge is 2.09. The summed E-state index contributed by atoms with van der Waals surface area (Å²) < 4.78 is 10.9. The zero-order valence-electron chi connectivity index (χ0n) is 12.1. The summed E-state index contributed by atoms with van der Waals surface area (Å²) in [6.07, 6.45) is 3.74. The Labute approximate surface area is 125 Å². The van der Waals surface area contributed by atoms with Crippen molar-refractivity contribution in [1.29, 1.82) is 0 Å². The van der Waals surface area contributed by atoms with Crippen LogP contribution in [0.5, 0.6) is 5.75 Å². The van der Waals surface area contributed by atoms with E-state index in [2.05, 4.69) is 6.58 Å². The number of aliphatic hydroxyl groups excluding tert-OH is 1. The van der Waals surface area contributed by atoms with Gasteiger partial charge in [0.15, 0.2) is 5.76 Å². The van der Waals surface area contributed by atoms with E-state index in [-0.39, 0.29) is 6.61 Å². The molecule has 1 atom stereocenters. The molecule has 21 heavy (non-hydrogen) atoms. The molecule has 0 unspecified atom stereocenters. The van der Waals surface area contributed by atoms with Crippen molar-refractivity contribution in [3.63, 3.8) is 0 Å². The largest absolute Gasteiger partial charge is 0.490 e. The molecule has 0 radical (unpaired) electrons. The number of rotatable bonds is 9. The van der Waals surface area contributed by atoms with Crippen LogP contribution < -0.4 is 10.1 Å². The Balaban J connectivity index is 1.73. The van der Waals surface area contributed by atoms with Gasteiger partial charge in [0.2, 0.25) is 0 Å². The van der Waals surface area contributed by atoms with Crippen LogP contribution in [0.15, 0.2) is 59.7 Å². The highest BCUT2D eigenvalue weighted by Crippen LogP contribution is 2.18. The van der Waals surface area contributed by atoms with Crippen molar-refractivity contribution in [2.75, 3.05) is 13.2 Å². The van der Waals surface area contributed by atoms with Crippen LogP contribution in [0.25, 0.3) is 0 Å². The van der Waals surface area contributed by atoms with Crippen LogP contribution in [0.3, 0.4) is 0 Å². The molecule has 0 spiro atoms. The van der Waals surface area contributed by atoms with Crippen molar-refractivity contribution in [2.24, 2.45) is 0 Å². The first-order valence-corrected chi connectivity index (χ1v) is 7.13. The quantitative estimate of drug-likeness (QED) is 0.688. The monoisotopic (exact) mass is 288 g/mol. The summed E-state index contributed by atoms with van der Waals surface area (Å²) in [5, 5.41) is 12.0. The average Bonchev–Trinajstić information content (AvgIpc) is 3.00. The van der Waals surface area contributed by atoms with Crippen LogP contribution in [0.4, 0.5) is 0 Å². The number of hydrogen-bond donors (Lipinski definition) is 2. The molecule has 1 aromatic carbocycles. The molecule has 1 aromatic heterocycles. The lowest BCUT2D eigenvalue weighted by Crippen LogP contribution is -2.85. The number of furan rings is 1. The first-order chi connectivity index (χ1) is 10.3. The van der Waals surface area contributed by atoms with Gasteiger partial charge in [-0.15, -0.1) is 6.58 Å². The van der Waals surface area contributed by atoms with Crippen LogP contribution >= 0.6 is 0 Å². The highest BCUT2D eigenvalue weighted by atomic mass is 16.5. The molecule has 112 valence electrons. The molecule has 0 aliphatic heterocycles. The van der Waals surface area contributed by atoms with Crippen molar-refractivity contribution < 1.29 is 19.6 Å². The molecule has 3 N–H and O–H groups in total. The summed E-state index contributed by atoms with van der Waals surface area (Å²) >= 11 is 0. The van der Waals surface area contributed by atoms with Gasteiger partial charge in [0.1, 0.15) is 31.5 Å². The lowest BCUT2D eigenvalue weighted by Gasteiger charge is -2.13. The molecule has 1 heterocycles. The lowest BCUT2D eigenvalue weighted by molar-refractivity contribution is -0.678. The fourth-order valence-corrected chi connectivity index (χ4v) is 2.07. The van der Waals surface area contributed by atoms with Crippen LogP contribution in [-0.2, 0) is 13.0 Å². The molecule has 0 bridgehead atoms. The van der Waals surface area contributed by atoms with Crippen molar-refractivity contribution in [3.8, 4) is 5.75 Å². The zero-order chi connectivity index (χ0) is 14.9. The number of nitrogens with two attached hydrogens (primary N) is 1. The Bertz CT molecular complexity index is 537. The van der Waals surface area contributed by atoms with Gasteiger partial charge in [-0.25, -0.2) is 0 Å². The third kappa shape index (κ3) is 5.10. The summed E-state index contributed by atoms with van der Waals surface area (Å²) in [5.74, 6) is 1.71. The molecule has 0 saturated carbocycles. The van der Waals surface area contributed by atoms with E-state index in [0.717, 1.165) is 30.0 Å². The summed E-state index contributed by atoms with van der Waals surface area (Å²) in [6.45, 7) is 5.31. The Hall–Kier alpha value is -2.04. The lowest BCUT2D eigenvalue weighted by atomic mass is 10.1. The first-order valence-electron chi connectivity index (χ1n) is 7.13. The van der Waals surface area contributed by atoms with Gasteiger partial charge in [-0.05, 0) is 30.2 Å². The Morgan fingerprint density at radius 1 is 1.29 bits per heavy atom. The van der Waals surface area contributed by atoms with Gasteiger partial charge in [0.25, 0.3) is 0 Å². The highest BCUT2D eigenvalue weighted by molar-refractivity contribution is 5.34. The zero-order valence-corrected chi connectivity index (χ0v) is 12.1. The van der Waals surface area contributed by atoms with Gasteiger partial charge >= 0.3 is 0 Å². The minimum atomic E-state index is -0.517. The third-order valence-corrected chi connectivity index (χ3v) is 3.13. The van der Waals surface area contributed by atoms with Gasteiger partial charge in [-0.1, -0.05) is 24.3 Å². The normalized spacial score (nSPS) is 12.0. The minimum Gasteiger partial charge on any atom is -0.490 e. The molecule has 4 heteroatoms. The Kier molecular flexibility index (Phi) is 6.06. The van der Waals surface area contributed by atoms with Gasteiger partial charge in [0.05, 0.1) is 6.26 Å². The molecule has 4 nitrogen and oxygen atoms in total. The summed E-state index contributed by atoms with van der Waals surface area (Å²) in [5.41, 5.74) is 1.08. The fraction of sp³-hybridized carbons (Fsp3) is 0.294. The maximum Gasteiger partial charge on any atom is 0.157 e. The molecule has 0 aliphatic carbocycles. The smallest absolute Gasteiger partial charge is 0.157 e. The predicted octanol–water partition coefficient (Wildman–Crippen LogP) is 1.51. The summed E-state index contributed by atoms with van der Waals surface area (Å²) in [4.78, 5) is 0. The molecule has 0 fully saturated rings. The fourth-order valence-electron chi connectivity index (χ4n) is 2.07. The van der Waals surface area contributed by atoms with E-state index >= 15 is 0 Å². The third-order valence-electron chi connectivity index (χ3n) is 3.13. The molecule has 2 aromatic rings. The van der Waals surface area contributed by atoms with Crippen LogP contribution in [0.1, 0.15) is 11.3 Å². The predicted molar refractivity (Wildman–Crippen MR) is 81.0 cm³/mol. The Morgan fingerprint density at radius 2 is 2.14 bits per heavy atom. The number of hydrogen-bond acceptors (Lipinski definition) is 3. The van der Waals surface area contributed by atoms with Crippen molar-refractivity contribution in [3.05, 3.63) is 66.6 Å². The summed E-state index contributed by atoms with van der Waals surface area (Å²) in [7, 11) is 0. The van der Waals surface area contributed by atoms with E-state index in [4.69, 9.17) is 9.15 Å². The van der Waals surface area contributed by atoms with Crippen molar-refractivity contribution in [2.45, 2.75) is 19.1 Å². The second kappa shape index (κ2) is 8.29. The van der Waals surface area contributed by atoms with E-state index in [1.807, 2.05) is 47.8 Å². The van der Waals surface area contributed by atoms with E-state index in [1.165, 1.54) is 0 Å². The van der Waals surface area contributed by atoms with Crippen LogP contribution in [0, 0.1) is 0 Å². The van der Waals surface area contributed by atoms with Gasteiger partial charge < -0.3 is 19.6 Å². The topological polar surface area (TPSA) is 59.2 Å². The van der Waals surface area contributed by atoms with E-state index < -0.39 is 6.10 Å². The molecule has 0 amide bonds. The standard InChI is InChI=1S/C17H21NO3/c1-2-6-14-7-3-4-9-17(14)21-13-15(19)11-18-12-16-8-5-10-20-16/h2-5,7-10,15,18-19H,1,6,11-13H2/p+1/t15-/m0/s1. The number of ether oxygens (including phenoxy) is 1. The van der Waals surface area contributed by atoms with E-state index in [0.29, 0.717) is 6.54 Å². The maximum atomic E-state index is 9.95. The Morgan fingerprint density at radius 3 is 2.90 bits per heavy atom. The van der Waals surface area contributed by atoms with E-state index in [1.54, 1.807) is 6.26 Å². The van der Waals surface area contributed by atoms with Crippen LogP contribution in [0.2, 0.25) is 0 Å². The summed E-state index contributed by atoms with van der Waals surface area (Å²) in [6, 6.07) is 11.6. The van der Waals surface area contributed by atoms with Crippen molar-refractivity contribution in [1.82, 2.24) is 0 Å². The van der Waals surface area contributed by atoms with Gasteiger partial charge in [-0.2, -0.15) is 0 Å². The minimum absolute atomic E-state index is 0.281. The maximum absolute atomic E-state index is 9.95. The molecule has 2 rings (SSSR count). The average molecular weight is 288 g/mol. The number of aliphatic hydroxyl groups is 1. The van der Waals surface area contributed by atoms with Gasteiger partial charge in [0, 0.05) is 0 Å². The van der Waals surface area contributed by atoms with Crippen LogP contribution in [-0.4, -0.2) is 24.4 Å². The number of quaternary nitrogens is 1. The molecule has 0 aliphatic rings. The van der Waals surface area contributed by atoms with Crippen molar-refractivity contribution >= 4 is 0 Å². The molecular formula is C17H22NO3+. The molecular weight excluding hydrogens is 266 g/mol. The number of allylic oxidation sites excluding steroid dienone is 1. The molecule has 0 saturated heterocycles. The number of benzene rings is 1. The second-order valence-electron chi connectivity index (χ2n) is 4.87. The number of para-hydroxylation sites is 1. The van der Waals surface area contributed by atoms with Gasteiger partial charge in [-0.3, -0.25) is 0 Å².